The number of nitrogens with zero attached hydrogens (tertiary/aromatic N) is 1. The Kier molecular flexibility index (Phi) is 3.32. The predicted octanol–water partition coefficient (Wildman–Crippen LogP) is 2.84. The van der Waals surface area contributed by atoms with E-state index in [4.69, 9.17) is 5.11 Å². The van der Waals surface area contributed by atoms with Crippen LogP contribution in [0.5, 0.6) is 0 Å². The van der Waals surface area contributed by atoms with Gasteiger partial charge in [-0.25, -0.2) is 4.79 Å². The van der Waals surface area contributed by atoms with Gasteiger partial charge in [0.15, 0.2) is 0 Å². The van der Waals surface area contributed by atoms with Crippen molar-refractivity contribution >= 4 is 33.3 Å². The van der Waals surface area contributed by atoms with Crippen LogP contribution in [0.4, 0.5) is 0 Å². The predicted molar refractivity (Wildman–Crippen MR) is 75.6 cm³/mol. The molecule has 4 nitrogen and oxygen atoms in total. The molecule has 0 spiro atoms. The molecule has 1 aromatic heterocycles. The zero-order valence-electron chi connectivity index (χ0n) is 11.0. The molecule has 0 aliphatic heterocycles. The van der Waals surface area contributed by atoms with Crippen molar-refractivity contribution in [3.63, 3.8) is 0 Å². The summed E-state index contributed by atoms with van der Waals surface area (Å²) in [6, 6.07) is 7.35. The fourth-order valence-corrected chi connectivity index (χ4v) is 2.46. The van der Waals surface area contributed by atoms with Crippen LogP contribution >= 0.6 is 11.3 Å². The Hall–Kier alpha value is -1.88. The second-order valence-corrected chi connectivity index (χ2v) is 5.85. The first kappa shape index (κ1) is 13.5. The summed E-state index contributed by atoms with van der Waals surface area (Å²) >= 11 is 1.61. The van der Waals surface area contributed by atoms with Gasteiger partial charge in [0.05, 0.1) is 0 Å². The van der Waals surface area contributed by atoms with Gasteiger partial charge < -0.3 is 10.0 Å². The van der Waals surface area contributed by atoms with E-state index >= 15 is 0 Å². The SMILES string of the molecule is CN(C(=O)c1ccc2sccc2c1)C(C)(C)C(=O)O. The second-order valence-electron chi connectivity index (χ2n) is 4.90. The molecule has 0 unspecified atom stereocenters. The lowest BCUT2D eigenvalue weighted by molar-refractivity contribution is -0.147. The van der Waals surface area contributed by atoms with E-state index in [0.717, 1.165) is 10.1 Å². The van der Waals surface area contributed by atoms with E-state index in [1.807, 2.05) is 17.5 Å². The van der Waals surface area contributed by atoms with E-state index in [-0.39, 0.29) is 5.91 Å². The Balaban J connectivity index is 2.35. The number of hydrogen-bond acceptors (Lipinski definition) is 3. The van der Waals surface area contributed by atoms with Crippen molar-refractivity contribution in [2.45, 2.75) is 19.4 Å². The zero-order valence-corrected chi connectivity index (χ0v) is 11.8. The molecule has 0 aliphatic rings. The summed E-state index contributed by atoms with van der Waals surface area (Å²) in [5.74, 6) is -1.32. The number of carbonyl (C=O) groups excluding carboxylic acids is 1. The van der Waals surface area contributed by atoms with Crippen LogP contribution in [-0.2, 0) is 4.79 Å². The van der Waals surface area contributed by atoms with E-state index in [1.54, 1.807) is 23.5 Å². The molecule has 1 heterocycles. The lowest BCUT2D eigenvalue weighted by atomic mass is 10.0. The summed E-state index contributed by atoms with van der Waals surface area (Å²) in [6.45, 7) is 3.02. The summed E-state index contributed by atoms with van der Waals surface area (Å²) in [5, 5.41) is 12.1. The molecule has 0 saturated heterocycles. The van der Waals surface area contributed by atoms with Crippen LogP contribution in [0.15, 0.2) is 29.6 Å². The molecule has 0 radical (unpaired) electrons. The molecule has 0 fully saturated rings. The average Bonchev–Trinajstić information content (AvgIpc) is 2.83. The van der Waals surface area contributed by atoms with E-state index < -0.39 is 11.5 Å². The number of amides is 1. The topological polar surface area (TPSA) is 57.6 Å². The lowest BCUT2D eigenvalue weighted by Gasteiger charge is -2.31. The van der Waals surface area contributed by atoms with Crippen LogP contribution in [0, 0.1) is 0 Å². The quantitative estimate of drug-likeness (QED) is 0.938. The number of carbonyl (C=O) groups is 2. The van der Waals surface area contributed by atoms with Gasteiger partial charge in [-0.05, 0) is 48.9 Å². The first-order chi connectivity index (χ1) is 8.84. The Morgan fingerprint density at radius 3 is 2.58 bits per heavy atom. The molecule has 2 rings (SSSR count). The van der Waals surface area contributed by atoms with Crippen molar-refractivity contribution in [3.05, 3.63) is 35.2 Å². The van der Waals surface area contributed by atoms with E-state index in [2.05, 4.69) is 0 Å². The lowest BCUT2D eigenvalue weighted by Crippen LogP contribution is -2.50. The largest absolute Gasteiger partial charge is 0.480 e. The minimum atomic E-state index is -1.24. The number of rotatable bonds is 3. The maximum absolute atomic E-state index is 12.3. The van der Waals surface area contributed by atoms with Gasteiger partial charge in [-0.15, -0.1) is 11.3 Å². The van der Waals surface area contributed by atoms with Crippen LogP contribution in [-0.4, -0.2) is 34.5 Å². The summed E-state index contributed by atoms with van der Waals surface area (Å²) < 4.78 is 1.11. The minimum Gasteiger partial charge on any atom is -0.480 e. The Morgan fingerprint density at radius 1 is 1.26 bits per heavy atom. The van der Waals surface area contributed by atoms with Crippen LogP contribution in [0.2, 0.25) is 0 Å². The Labute approximate surface area is 115 Å². The summed E-state index contributed by atoms with van der Waals surface area (Å²) in [5.41, 5.74) is -0.733. The third-order valence-electron chi connectivity index (χ3n) is 3.37. The van der Waals surface area contributed by atoms with Gasteiger partial charge in [-0.1, -0.05) is 0 Å². The highest BCUT2D eigenvalue weighted by Crippen LogP contribution is 2.23. The molecule has 1 amide bonds. The van der Waals surface area contributed by atoms with Crippen molar-refractivity contribution in [1.82, 2.24) is 4.90 Å². The van der Waals surface area contributed by atoms with Crippen LogP contribution in [0.25, 0.3) is 10.1 Å². The third kappa shape index (κ3) is 2.33. The molecular weight excluding hydrogens is 262 g/mol. The normalized spacial score (nSPS) is 11.5. The van der Waals surface area contributed by atoms with Crippen molar-refractivity contribution in [3.8, 4) is 0 Å². The molecule has 5 heteroatoms. The standard InChI is InChI=1S/C14H15NO3S/c1-14(2,13(17)18)15(3)12(16)10-4-5-11-9(8-10)6-7-19-11/h4-8H,1-3H3,(H,17,18). The summed E-state index contributed by atoms with van der Waals surface area (Å²) in [4.78, 5) is 24.8. The molecule has 0 aliphatic carbocycles. The minimum absolute atomic E-state index is 0.291. The van der Waals surface area contributed by atoms with Crippen molar-refractivity contribution in [2.75, 3.05) is 7.05 Å². The zero-order chi connectivity index (χ0) is 14.2. The number of carboxylic acids is 1. The number of benzene rings is 1. The van der Waals surface area contributed by atoms with Crippen molar-refractivity contribution in [1.29, 1.82) is 0 Å². The smallest absolute Gasteiger partial charge is 0.329 e. The van der Waals surface area contributed by atoms with E-state index in [9.17, 15) is 9.59 Å². The monoisotopic (exact) mass is 277 g/mol. The first-order valence-corrected chi connectivity index (χ1v) is 6.71. The molecule has 0 atom stereocenters. The molecule has 100 valence electrons. The molecular formula is C14H15NO3S. The number of hydrogen-bond donors (Lipinski definition) is 1. The number of thiophene rings is 1. The molecule has 0 bridgehead atoms. The molecule has 1 N–H and O–H groups in total. The van der Waals surface area contributed by atoms with Gasteiger partial charge in [0.2, 0.25) is 0 Å². The van der Waals surface area contributed by atoms with Gasteiger partial charge >= 0.3 is 5.97 Å². The van der Waals surface area contributed by atoms with E-state index in [0.29, 0.717) is 5.56 Å². The second kappa shape index (κ2) is 4.66. The van der Waals surface area contributed by atoms with Crippen molar-refractivity contribution < 1.29 is 14.7 Å². The van der Waals surface area contributed by atoms with Crippen LogP contribution < -0.4 is 0 Å². The first-order valence-electron chi connectivity index (χ1n) is 5.83. The number of aliphatic carboxylic acids is 1. The summed E-state index contributed by atoms with van der Waals surface area (Å²) in [7, 11) is 1.51. The van der Waals surface area contributed by atoms with Gasteiger partial charge in [0, 0.05) is 17.3 Å². The highest BCUT2D eigenvalue weighted by Gasteiger charge is 2.35. The Bertz CT molecular complexity index is 645. The van der Waals surface area contributed by atoms with E-state index in [1.165, 1.54) is 25.8 Å². The summed E-state index contributed by atoms with van der Waals surface area (Å²) in [6.07, 6.45) is 0. The maximum Gasteiger partial charge on any atom is 0.329 e. The fraction of sp³-hybridized carbons (Fsp3) is 0.286. The molecule has 19 heavy (non-hydrogen) atoms. The van der Waals surface area contributed by atoms with Crippen molar-refractivity contribution in [2.24, 2.45) is 0 Å². The number of carboxylic acid groups (broad SMARTS) is 1. The van der Waals surface area contributed by atoms with Gasteiger partial charge in [0.25, 0.3) is 5.91 Å². The molecule has 1 aromatic carbocycles. The average molecular weight is 277 g/mol. The number of fused-ring (bicyclic) bond motifs is 1. The van der Waals surface area contributed by atoms with Crippen LogP contribution in [0.1, 0.15) is 24.2 Å². The number of likely N-dealkylation sites (N-methyl/N-ethyl adjacent to an activating group) is 1. The Morgan fingerprint density at radius 2 is 1.95 bits per heavy atom. The molecule has 2 aromatic rings. The molecule has 0 saturated carbocycles. The van der Waals surface area contributed by atoms with Gasteiger partial charge in [0.1, 0.15) is 5.54 Å². The highest BCUT2D eigenvalue weighted by atomic mass is 32.1. The highest BCUT2D eigenvalue weighted by molar-refractivity contribution is 7.17. The maximum atomic E-state index is 12.3. The van der Waals surface area contributed by atoms with Crippen LogP contribution in [0.3, 0.4) is 0 Å². The fourth-order valence-electron chi connectivity index (χ4n) is 1.69. The third-order valence-corrected chi connectivity index (χ3v) is 4.26. The van der Waals surface area contributed by atoms with Gasteiger partial charge in [-0.2, -0.15) is 0 Å². The van der Waals surface area contributed by atoms with Gasteiger partial charge in [-0.3, -0.25) is 4.79 Å².